The van der Waals surface area contributed by atoms with Gasteiger partial charge in [0.25, 0.3) is 5.56 Å². The van der Waals surface area contributed by atoms with Crippen LogP contribution in [0, 0.1) is 0 Å². The second kappa shape index (κ2) is 6.00. The first kappa shape index (κ1) is 15.2. The molecular formula is C20H14N2O3S. The van der Waals surface area contributed by atoms with Crippen molar-refractivity contribution in [3.63, 3.8) is 0 Å². The van der Waals surface area contributed by atoms with Crippen LogP contribution in [-0.2, 0) is 0 Å². The molecule has 1 aliphatic rings. The topological polar surface area (TPSA) is 64.2 Å². The van der Waals surface area contributed by atoms with Crippen LogP contribution in [0.4, 0.5) is 0 Å². The molecule has 2 aromatic carbocycles. The number of benzene rings is 2. The Labute approximate surface area is 152 Å². The van der Waals surface area contributed by atoms with Gasteiger partial charge in [-0.25, -0.2) is 4.98 Å². The lowest BCUT2D eigenvalue weighted by molar-refractivity contribution is 0.171. The molecule has 0 spiro atoms. The van der Waals surface area contributed by atoms with E-state index in [1.165, 1.54) is 11.3 Å². The van der Waals surface area contributed by atoms with Gasteiger partial charge in [-0.05, 0) is 29.8 Å². The van der Waals surface area contributed by atoms with Gasteiger partial charge in [-0.2, -0.15) is 0 Å². The van der Waals surface area contributed by atoms with E-state index in [2.05, 4.69) is 9.97 Å². The molecule has 4 aromatic rings. The minimum Gasteiger partial charge on any atom is -0.486 e. The first-order chi connectivity index (χ1) is 12.8. The average Bonchev–Trinajstić information content (AvgIpc) is 3.13. The summed E-state index contributed by atoms with van der Waals surface area (Å²) in [4.78, 5) is 21.9. The molecule has 3 heterocycles. The van der Waals surface area contributed by atoms with Crippen molar-refractivity contribution in [2.24, 2.45) is 0 Å². The second-order valence-corrected chi connectivity index (χ2v) is 7.00. The predicted molar refractivity (Wildman–Crippen MR) is 102 cm³/mol. The molecule has 0 bridgehead atoms. The number of ether oxygens (including phenoxy) is 2. The van der Waals surface area contributed by atoms with Crippen molar-refractivity contribution in [1.82, 2.24) is 9.97 Å². The molecule has 0 saturated heterocycles. The van der Waals surface area contributed by atoms with Crippen molar-refractivity contribution in [3.05, 3.63) is 65.0 Å². The number of thiophene rings is 1. The highest BCUT2D eigenvalue weighted by Gasteiger charge is 2.15. The number of nitrogens with zero attached hydrogens (tertiary/aromatic N) is 1. The fraction of sp³-hybridized carbons (Fsp3) is 0.100. The molecule has 0 radical (unpaired) electrons. The van der Waals surface area contributed by atoms with Gasteiger partial charge in [-0.15, -0.1) is 11.3 Å². The third kappa shape index (κ3) is 2.55. The fourth-order valence-electron chi connectivity index (χ4n) is 3.00. The number of aromatic nitrogens is 2. The van der Waals surface area contributed by atoms with E-state index in [9.17, 15) is 4.79 Å². The summed E-state index contributed by atoms with van der Waals surface area (Å²) in [7, 11) is 0. The number of hydrogen-bond acceptors (Lipinski definition) is 5. The average molecular weight is 362 g/mol. The molecular weight excluding hydrogens is 348 g/mol. The summed E-state index contributed by atoms with van der Waals surface area (Å²) in [5.41, 5.74) is 1.73. The molecule has 0 saturated carbocycles. The molecule has 5 rings (SSSR count). The van der Waals surface area contributed by atoms with Crippen LogP contribution in [0.5, 0.6) is 11.5 Å². The standard InChI is InChI=1S/C20H14N2O3S/c23-19-14-11-17(12-4-2-1-3-5-12)26-20(14)22-18(21-19)13-6-7-15-16(10-13)25-9-8-24-15/h1-7,10-11H,8-9H2,(H,21,22,23). The Bertz CT molecular complexity index is 1160. The SMILES string of the molecule is O=c1[nH]c(-c2ccc3c(c2)OCCO3)nc2sc(-c3ccccc3)cc12. The maximum Gasteiger partial charge on any atom is 0.259 e. The third-order valence-corrected chi connectivity index (χ3v) is 5.35. The van der Waals surface area contributed by atoms with Gasteiger partial charge in [0.05, 0.1) is 5.39 Å². The van der Waals surface area contributed by atoms with Gasteiger partial charge in [-0.3, -0.25) is 4.79 Å². The Morgan fingerprint density at radius 1 is 0.923 bits per heavy atom. The number of nitrogens with one attached hydrogen (secondary N) is 1. The molecule has 0 fully saturated rings. The molecule has 0 aliphatic carbocycles. The maximum atomic E-state index is 12.6. The molecule has 1 N–H and O–H groups in total. The van der Waals surface area contributed by atoms with Crippen LogP contribution in [0.3, 0.4) is 0 Å². The van der Waals surface area contributed by atoms with Crippen LogP contribution in [-0.4, -0.2) is 23.2 Å². The Morgan fingerprint density at radius 2 is 1.73 bits per heavy atom. The van der Waals surface area contributed by atoms with Crippen LogP contribution in [0.1, 0.15) is 0 Å². The lowest BCUT2D eigenvalue weighted by atomic mass is 10.1. The van der Waals surface area contributed by atoms with Gasteiger partial charge in [0.2, 0.25) is 0 Å². The lowest BCUT2D eigenvalue weighted by Gasteiger charge is -2.18. The van der Waals surface area contributed by atoms with Gasteiger partial charge in [-0.1, -0.05) is 30.3 Å². The largest absolute Gasteiger partial charge is 0.486 e. The van der Waals surface area contributed by atoms with Crippen LogP contribution in [0.25, 0.3) is 32.0 Å². The molecule has 5 nitrogen and oxygen atoms in total. The maximum absolute atomic E-state index is 12.6. The summed E-state index contributed by atoms with van der Waals surface area (Å²) in [6.07, 6.45) is 0. The van der Waals surface area contributed by atoms with E-state index in [1.807, 2.05) is 54.6 Å². The summed E-state index contributed by atoms with van der Waals surface area (Å²) in [5.74, 6) is 1.92. The minimum absolute atomic E-state index is 0.140. The number of hydrogen-bond donors (Lipinski definition) is 1. The van der Waals surface area contributed by atoms with Crippen LogP contribution < -0.4 is 15.0 Å². The third-order valence-electron chi connectivity index (χ3n) is 4.28. The van der Waals surface area contributed by atoms with Crippen molar-refractivity contribution in [1.29, 1.82) is 0 Å². The van der Waals surface area contributed by atoms with E-state index < -0.39 is 0 Å². The van der Waals surface area contributed by atoms with E-state index in [0.717, 1.165) is 20.8 Å². The predicted octanol–water partition coefficient (Wildman–Crippen LogP) is 4.09. The Kier molecular flexibility index (Phi) is 3.50. The monoisotopic (exact) mass is 362 g/mol. The number of rotatable bonds is 2. The fourth-order valence-corrected chi connectivity index (χ4v) is 4.04. The molecule has 1 aliphatic heterocycles. The lowest BCUT2D eigenvalue weighted by Crippen LogP contribution is -2.15. The summed E-state index contributed by atoms with van der Waals surface area (Å²) in [6, 6.07) is 17.5. The van der Waals surface area contributed by atoms with E-state index in [0.29, 0.717) is 35.9 Å². The molecule has 0 amide bonds. The van der Waals surface area contributed by atoms with Crippen molar-refractivity contribution in [2.45, 2.75) is 0 Å². The molecule has 6 heteroatoms. The van der Waals surface area contributed by atoms with Crippen molar-refractivity contribution in [3.8, 4) is 33.3 Å². The van der Waals surface area contributed by atoms with Crippen LogP contribution in [0.15, 0.2) is 59.4 Å². The molecule has 0 atom stereocenters. The van der Waals surface area contributed by atoms with E-state index in [-0.39, 0.29) is 5.56 Å². The highest BCUT2D eigenvalue weighted by Crippen LogP contribution is 2.35. The Hall–Kier alpha value is -3.12. The first-order valence-corrected chi connectivity index (χ1v) is 9.09. The van der Waals surface area contributed by atoms with Crippen LogP contribution >= 0.6 is 11.3 Å². The smallest absolute Gasteiger partial charge is 0.259 e. The zero-order valence-corrected chi connectivity index (χ0v) is 14.5. The molecule has 128 valence electrons. The van der Waals surface area contributed by atoms with E-state index in [1.54, 1.807) is 0 Å². The minimum atomic E-state index is -0.140. The molecule has 0 unspecified atom stereocenters. The van der Waals surface area contributed by atoms with Gasteiger partial charge >= 0.3 is 0 Å². The molecule has 2 aromatic heterocycles. The Morgan fingerprint density at radius 3 is 2.58 bits per heavy atom. The second-order valence-electron chi connectivity index (χ2n) is 5.97. The van der Waals surface area contributed by atoms with E-state index in [4.69, 9.17) is 9.47 Å². The van der Waals surface area contributed by atoms with Gasteiger partial charge in [0.1, 0.15) is 23.9 Å². The normalized spacial score (nSPS) is 13.1. The number of H-pyrrole nitrogens is 1. The molecule has 26 heavy (non-hydrogen) atoms. The van der Waals surface area contributed by atoms with Crippen LogP contribution in [0.2, 0.25) is 0 Å². The quantitative estimate of drug-likeness (QED) is 0.583. The zero-order valence-electron chi connectivity index (χ0n) is 13.7. The summed E-state index contributed by atoms with van der Waals surface area (Å²) in [5, 5.41) is 0.607. The van der Waals surface area contributed by atoms with E-state index >= 15 is 0 Å². The van der Waals surface area contributed by atoms with Gasteiger partial charge in [0, 0.05) is 10.4 Å². The number of aromatic amines is 1. The highest BCUT2D eigenvalue weighted by molar-refractivity contribution is 7.21. The van der Waals surface area contributed by atoms with Gasteiger partial charge < -0.3 is 14.5 Å². The number of fused-ring (bicyclic) bond motifs is 2. The van der Waals surface area contributed by atoms with Gasteiger partial charge in [0.15, 0.2) is 11.5 Å². The van der Waals surface area contributed by atoms with Crippen molar-refractivity contribution < 1.29 is 9.47 Å². The zero-order chi connectivity index (χ0) is 17.5. The van der Waals surface area contributed by atoms with Crippen molar-refractivity contribution >= 4 is 21.6 Å². The highest BCUT2D eigenvalue weighted by atomic mass is 32.1. The first-order valence-electron chi connectivity index (χ1n) is 8.27. The summed E-state index contributed by atoms with van der Waals surface area (Å²) < 4.78 is 11.2. The Balaban J connectivity index is 1.62. The summed E-state index contributed by atoms with van der Waals surface area (Å²) >= 11 is 1.52. The van der Waals surface area contributed by atoms with Crippen molar-refractivity contribution in [2.75, 3.05) is 13.2 Å². The summed E-state index contributed by atoms with van der Waals surface area (Å²) in [6.45, 7) is 1.07.